The molecule has 0 saturated carbocycles. The Morgan fingerprint density at radius 3 is 2.47 bits per heavy atom. The van der Waals surface area contributed by atoms with E-state index in [1.165, 1.54) is 6.07 Å². The quantitative estimate of drug-likeness (QED) is 0.916. The number of anilines is 1. The van der Waals surface area contributed by atoms with E-state index in [0.717, 1.165) is 12.1 Å². The first-order valence-corrected chi connectivity index (χ1v) is 5.73. The van der Waals surface area contributed by atoms with Crippen molar-refractivity contribution in [1.82, 2.24) is 10.2 Å². The maximum Gasteiger partial charge on any atom is 0.159 e. The average Bonchev–Trinajstić information content (AvgIpc) is 2.42. The predicted octanol–water partition coefficient (Wildman–Crippen LogP) is 1.85. The minimum atomic E-state index is -0.916. The molecule has 0 spiro atoms. The van der Waals surface area contributed by atoms with E-state index in [9.17, 15) is 8.78 Å². The molecule has 0 saturated heterocycles. The molecule has 0 aliphatic heterocycles. The summed E-state index contributed by atoms with van der Waals surface area (Å²) in [7, 11) is 1.78. The molecule has 100 valence electrons. The van der Waals surface area contributed by atoms with Crippen LogP contribution in [-0.4, -0.2) is 35.5 Å². The van der Waals surface area contributed by atoms with Gasteiger partial charge in [0.2, 0.25) is 0 Å². The van der Waals surface area contributed by atoms with Crippen molar-refractivity contribution in [3.05, 3.63) is 42.0 Å². The van der Waals surface area contributed by atoms with Gasteiger partial charge >= 0.3 is 0 Å². The summed E-state index contributed by atoms with van der Waals surface area (Å²) in [4.78, 5) is 1.74. The van der Waals surface area contributed by atoms with Crippen LogP contribution in [0.5, 0.6) is 0 Å². The maximum absolute atomic E-state index is 13.1. The highest BCUT2D eigenvalue weighted by Gasteiger charge is 2.07. The zero-order valence-electron chi connectivity index (χ0n) is 10.3. The molecule has 2 rings (SSSR count). The van der Waals surface area contributed by atoms with Crippen LogP contribution in [0.3, 0.4) is 0 Å². The monoisotopic (exact) mass is 265 g/mol. The lowest BCUT2D eigenvalue weighted by atomic mass is 10.1. The zero-order chi connectivity index (χ0) is 13.8. The van der Waals surface area contributed by atoms with E-state index in [-0.39, 0.29) is 6.61 Å². The Bertz CT molecular complexity index is 560. The fraction of sp³-hybridized carbons (Fsp3) is 0.231. The van der Waals surface area contributed by atoms with Crippen molar-refractivity contribution in [1.29, 1.82) is 0 Å². The molecule has 1 heterocycles. The molecule has 0 radical (unpaired) electrons. The molecule has 19 heavy (non-hydrogen) atoms. The minimum Gasteiger partial charge on any atom is -0.395 e. The van der Waals surface area contributed by atoms with Crippen LogP contribution >= 0.6 is 0 Å². The van der Waals surface area contributed by atoms with E-state index in [2.05, 4.69) is 10.2 Å². The molecule has 2 aromatic rings. The summed E-state index contributed by atoms with van der Waals surface area (Å²) in [6, 6.07) is 6.95. The van der Waals surface area contributed by atoms with E-state index >= 15 is 0 Å². The summed E-state index contributed by atoms with van der Waals surface area (Å²) >= 11 is 0. The normalized spacial score (nSPS) is 10.5. The van der Waals surface area contributed by atoms with Crippen molar-refractivity contribution in [3.8, 4) is 11.3 Å². The number of benzene rings is 1. The molecule has 0 aliphatic rings. The first-order chi connectivity index (χ1) is 9.11. The summed E-state index contributed by atoms with van der Waals surface area (Å²) < 4.78 is 25.9. The second-order valence-electron chi connectivity index (χ2n) is 4.05. The Hall–Kier alpha value is -2.08. The molecular formula is C13H13F2N3O. The molecule has 0 fully saturated rings. The van der Waals surface area contributed by atoms with Crippen LogP contribution < -0.4 is 4.90 Å². The number of nitrogens with zero attached hydrogens (tertiary/aromatic N) is 3. The lowest BCUT2D eigenvalue weighted by Gasteiger charge is -2.15. The van der Waals surface area contributed by atoms with Gasteiger partial charge in [-0.05, 0) is 30.3 Å². The van der Waals surface area contributed by atoms with E-state index in [4.69, 9.17) is 5.11 Å². The molecule has 1 aromatic carbocycles. The van der Waals surface area contributed by atoms with Gasteiger partial charge in [0.1, 0.15) is 0 Å². The number of halogens is 2. The highest BCUT2D eigenvalue weighted by Crippen LogP contribution is 2.20. The van der Waals surface area contributed by atoms with Crippen molar-refractivity contribution in [2.45, 2.75) is 0 Å². The van der Waals surface area contributed by atoms with E-state index in [1.807, 2.05) is 0 Å². The van der Waals surface area contributed by atoms with E-state index in [1.54, 1.807) is 24.1 Å². The average molecular weight is 265 g/mol. The van der Waals surface area contributed by atoms with Gasteiger partial charge in [-0.2, -0.15) is 0 Å². The Labute approximate surface area is 109 Å². The summed E-state index contributed by atoms with van der Waals surface area (Å²) in [6.45, 7) is 0.461. The third-order valence-corrected chi connectivity index (χ3v) is 2.69. The van der Waals surface area contributed by atoms with Crippen LogP contribution in [0.2, 0.25) is 0 Å². The molecule has 1 N–H and O–H groups in total. The number of likely N-dealkylation sites (N-methyl/N-ethyl adjacent to an activating group) is 1. The third-order valence-electron chi connectivity index (χ3n) is 2.69. The number of aliphatic hydroxyl groups is 1. The molecule has 4 nitrogen and oxygen atoms in total. The maximum atomic E-state index is 13.1. The molecule has 0 unspecified atom stereocenters. The van der Waals surface area contributed by atoms with Gasteiger partial charge in [0.05, 0.1) is 12.3 Å². The fourth-order valence-corrected chi connectivity index (χ4v) is 1.60. The van der Waals surface area contributed by atoms with Crippen LogP contribution in [-0.2, 0) is 0 Å². The molecule has 0 aliphatic carbocycles. The van der Waals surface area contributed by atoms with E-state index in [0.29, 0.717) is 23.6 Å². The smallest absolute Gasteiger partial charge is 0.159 e. The van der Waals surface area contributed by atoms with Gasteiger partial charge in [0.25, 0.3) is 0 Å². The first kappa shape index (κ1) is 13.4. The van der Waals surface area contributed by atoms with Gasteiger partial charge in [-0.25, -0.2) is 8.78 Å². The fourth-order valence-electron chi connectivity index (χ4n) is 1.60. The van der Waals surface area contributed by atoms with Crippen LogP contribution in [0.4, 0.5) is 14.6 Å². The summed E-state index contributed by atoms with van der Waals surface area (Å²) in [6.07, 6.45) is 0. The Kier molecular flexibility index (Phi) is 4.01. The van der Waals surface area contributed by atoms with Crippen molar-refractivity contribution in [2.75, 3.05) is 25.1 Å². The predicted molar refractivity (Wildman–Crippen MR) is 67.7 cm³/mol. The van der Waals surface area contributed by atoms with Crippen LogP contribution in [0.25, 0.3) is 11.3 Å². The van der Waals surface area contributed by atoms with Crippen molar-refractivity contribution >= 4 is 5.82 Å². The van der Waals surface area contributed by atoms with Crippen molar-refractivity contribution in [2.24, 2.45) is 0 Å². The van der Waals surface area contributed by atoms with Gasteiger partial charge < -0.3 is 10.0 Å². The van der Waals surface area contributed by atoms with E-state index < -0.39 is 11.6 Å². The third kappa shape index (κ3) is 3.03. The molecule has 0 amide bonds. The zero-order valence-corrected chi connectivity index (χ0v) is 10.3. The van der Waals surface area contributed by atoms with Gasteiger partial charge in [-0.15, -0.1) is 10.2 Å². The number of hydrogen-bond acceptors (Lipinski definition) is 4. The van der Waals surface area contributed by atoms with Gasteiger partial charge in [0.15, 0.2) is 17.5 Å². The number of rotatable bonds is 4. The van der Waals surface area contributed by atoms with Crippen LogP contribution in [0.15, 0.2) is 30.3 Å². The molecule has 0 bridgehead atoms. The van der Waals surface area contributed by atoms with Crippen molar-refractivity contribution < 1.29 is 13.9 Å². The second-order valence-corrected chi connectivity index (χ2v) is 4.05. The Morgan fingerprint density at radius 1 is 1.11 bits per heavy atom. The van der Waals surface area contributed by atoms with Crippen molar-refractivity contribution in [3.63, 3.8) is 0 Å². The minimum absolute atomic E-state index is 0.0170. The Balaban J connectivity index is 2.24. The molecule has 0 atom stereocenters. The lowest BCUT2D eigenvalue weighted by Crippen LogP contribution is -2.22. The molecule has 6 heteroatoms. The molecule has 1 aromatic heterocycles. The largest absolute Gasteiger partial charge is 0.395 e. The highest BCUT2D eigenvalue weighted by molar-refractivity contribution is 5.59. The molecular weight excluding hydrogens is 252 g/mol. The summed E-state index contributed by atoms with van der Waals surface area (Å²) in [5, 5.41) is 16.8. The standard InChI is InChI=1S/C13H13F2N3O/c1-18(6-7-19)13-5-4-12(16-17-13)9-2-3-10(14)11(15)8-9/h2-5,8,19H,6-7H2,1H3. The first-order valence-electron chi connectivity index (χ1n) is 5.73. The number of aromatic nitrogens is 2. The van der Waals surface area contributed by atoms with Gasteiger partial charge in [-0.3, -0.25) is 0 Å². The number of hydrogen-bond donors (Lipinski definition) is 1. The second kappa shape index (κ2) is 5.71. The highest BCUT2D eigenvalue weighted by atomic mass is 19.2. The number of aliphatic hydroxyl groups excluding tert-OH is 1. The summed E-state index contributed by atoms with van der Waals surface area (Å²) in [5.74, 6) is -1.21. The Morgan fingerprint density at radius 2 is 1.89 bits per heavy atom. The lowest BCUT2D eigenvalue weighted by molar-refractivity contribution is 0.303. The van der Waals surface area contributed by atoms with Crippen LogP contribution in [0.1, 0.15) is 0 Å². The SMILES string of the molecule is CN(CCO)c1ccc(-c2ccc(F)c(F)c2)nn1. The topological polar surface area (TPSA) is 49.2 Å². The van der Waals surface area contributed by atoms with Crippen LogP contribution in [0, 0.1) is 11.6 Å². The van der Waals surface area contributed by atoms with Gasteiger partial charge in [0, 0.05) is 19.2 Å². The van der Waals surface area contributed by atoms with Gasteiger partial charge in [-0.1, -0.05) is 0 Å². The summed E-state index contributed by atoms with van der Waals surface area (Å²) in [5.41, 5.74) is 0.919.